The zero-order valence-corrected chi connectivity index (χ0v) is 19.0. The molecule has 2 heterocycles. The van der Waals surface area contributed by atoms with Crippen molar-refractivity contribution in [3.8, 4) is 11.4 Å². The predicted molar refractivity (Wildman–Crippen MR) is 119 cm³/mol. The minimum absolute atomic E-state index is 0.273. The standard InChI is InChI=1S/C22H23FN4O3S2/c23-20-7-2-1-6-19(20)21-24-25-22(27(21)17-8-9-17)31-15-16-4-3-5-18(14-16)32(28,29)26-10-12-30-13-11-26/h1-7,14,17H,8-13,15H2. The molecular weight excluding hydrogens is 451 g/mol. The number of halogens is 1. The van der Waals surface area contributed by atoms with Gasteiger partial charge in [-0.25, -0.2) is 12.8 Å². The first kappa shape index (κ1) is 21.6. The summed E-state index contributed by atoms with van der Waals surface area (Å²) in [6, 6.07) is 13.9. The molecule has 5 rings (SSSR count). The molecule has 2 aromatic carbocycles. The molecule has 0 amide bonds. The summed E-state index contributed by atoms with van der Waals surface area (Å²) in [6.07, 6.45) is 2.03. The van der Waals surface area contributed by atoms with Crippen LogP contribution in [0, 0.1) is 5.82 Å². The largest absolute Gasteiger partial charge is 0.379 e. The summed E-state index contributed by atoms with van der Waals surface area (Å²) in [4.78, 5) is 0.285. The van der Waals surface area contributed by atoms with Gasteiger partial charge in [0.1, 0.15) is 5.82 Å². The lowest BCUT2D eigenvalue weighted by Gasteiger charge is -2.26. The summed E-state index contributed by atoms with van der Waals surface area (Å²) in [7, 11) is -3.55. The van der Waals surface area contributed by atoms with Crippen LogP contribution >= 0.6 is 11.8 Å². The molecule has 2 aliphatic rings. The zero-order valence-electron chi connectivity index (χ0n) is 17.4. The van der Waals surface area contributed by atoms with E-state index in [2.05, 4.69) is 10.2 Å². The number of morpholine rings is 1. The molecule has 0 bridgehead atoms. The van der Waals surface area contributed by atoms with Crippen LogP contribution in [-0.2, 0) is 20.5 Å². The van der Waals surface area contributed by atoms with Gasteiger partial charge < -0.3 is 4.74 Å². The van der Waals surface area contributed by atoms with Crippen LogP contribution in [0.5, 0.6) is 0 Å². The van der Waals surface area contributed by atoms with Crippen molar-refractivity contribution in [1.82, 2.24) is 19.1 Å². The molecule has 0 atom stereocenters. The average molecular weight is 475 g/mol. The summed E-state index contributed by atoms with van der Waals surface area (Å²) in [5.41, 5.74) is 1.32. The van der Waals surface area contributed by atoms with E-state index in [1.165, 1.54) is 22.1 Å². The molecule has 32 heavy (non-hydrogen) atoms. The minimum atomic E-state index is -3.55. The third-order valence-electron chi connectivity index (χ3n) is 5.57. The first-order valence-electron chi connectivity index (χ1n) is 10.5. The summed E-state index contributed by atoms with van der Waals surface area (Å²) < 4.78 is 49.0. The lowest BCUT2D eigenvalue weighted by atomic mass is 10.2. The number of hydrogen-bond acceptors (Lipinski definition) is 6. The van der Waals surface area contributed by atoms with Gasteiger partial charge in [0.15, 0.2) is 11.0 Å². The monoisotopic (exact) mass is 474 g/mol. The second-order valence-corrected chi connectivity index (χ2v) is 10.7. The highest BCUT2D eigenvalue weighted by Crippen LogP contribution is 2.42. The van der Waals surface area contributed by atoms with E-state index in [0.29, 0.717) is 48.6 Å². The van der Waals surface area contributed by atoms with Gasteiger partial charge >= 0.3 is 0 Å². The van der Waals surface area contributed by atoms with Crippen LogP contribution in [0.3, 0.4) is 0 Å². The molecule has 0 radical (unpaired) electrons. The van der Waals surface area contributed by atoms with Crippen LogP contribution in [0.1, 0.15) is 24.4 Å². The normalized spacial score (nSPS) is 17.5. The van der Waals surface area contributed by atoms with E-state index in [0.717, 1.165) is 18.4 Å². The van der Waals surface area contributed by atoms with Gasteiger partial charge in [-0.2, -0.15) is 4.31 Å². The molecular formula is C22H23FN4O3S2. The molecule has 7 nitrogen and oxygen atoms in total. The highest BCUT2D eigenvalue weighted by atomic mass is 32.2. The van der Waals surface area contributed by atoms with Gasteiger partial charge in [0.2, 0.25) is 10.0 Å². The molecule has 0 N–H and O–H groups in total. The fraction of sp³-hybridized carbons (Fsp3) is 0.364. The molecule has 1 aromatic heterocycles. The van der Waals surface area contributed by atoms with Crippen molar-refractivity contribution in [2.45, 2.75) is 34.7 Å². The van der Waals surface area contributed by atoms with Crippen molar-refractivity contribution in [1.29, 1.82) is 0 Å². The second kappa shape index (κ2) is 8.93. The van der Waals surface area contributed by atoms with E-state index >= 15 is 0 Å². The Balaban J connectivity index is 1.37. The van der Waals surface area contributed by atoms with Gasteiger partial charge in [-0.15, -0.1) is 10.2 Å². The quantitative estimate of drug-likeness (QED) is 0.486. The Morgan fingerprint density at radius 1 is 1.06 bits per heavy atom. The SMILES string of the molecule is O=S(=O)(c1cccc(CSc2nnc(-c3ccccc3F)n2C2CC2)c1)N1CCOCC1. The molecule has 2 fully saturated rings. The van der Waals surface area contributed by atoms with Gasteiger partial charge in [0.05, 0.1) is 23.7 Å². The molecule has 0 unspecified atom stereocenters. The van der Waals surface area contributed by atoms with E-state index in [1.807, 2.05) is 10.6 Å². The maximum atomic E-state index is 14.4. The number of ether oxygens (including phenoxy) is 1. The van der Waals surface area contributed by atoms with Crippen LogP contribution in [0.15, 0.2) is 58.6 Å². The van der Waals surface area contributed by atoms with Crippen LogP contribution in [0.25, 0.3) is 11.4 Å². The molecule has 0 spiro atoms. The third kappa shape index (κ3) is 4.32. The third-order valence-corrected chi connectivity index (χ3v) is 8.47. The average Bonchev–Trinajstić information content (AvgIpc) is 3.58. The number of thioether (sulfide) groups is 1. The Morgan fingerprint density at radius 3 is 2.59 bits per heavy atom. The first-order valence-corrected chi connectivity index (χ1v) is 13.0. The van der Waals surface area contributed by atoms with Crippen molar-refractivity contribution in [3.63, 3.8) is 0 Å². The van der Waals surface area contributed by atoms with Crippen molar-refractivity contribution in [2.24, 2.45) is 0 Å². The van der Waals surface area contributed by atoms with Crippen LogP contribution in [-0.4, -0.2) is 53.8 Å². The number of rotatable bonds is 7. The maximum absolute atomic E-state index is 14.4. The highest BCUT2D eigenvalue weighted by molar-refractivity contribution is 7.98. The first-order chi connectivity index (χ1) is 15.5. The molecule has 168 valence electrons. The lowest BCUT2D eigenvalue weighted by Crippen LogP contribution is -2.40. The highest BCUT2D eigenvalue weighted by Gasteiger charge is 2.31. The number of sulfonamides is 1. The van der Waals surface area contributed by atoms with E-state index in [4.69, 9.17) is 4.74 Å². The smallest absolute Gasteiger partial charge is 0.243 e. The van der Waals surface area contributed by atoms with Crippen LogP contribution in [0.4, 0.5) is 4.39 Å². The molecule has 10 heteroatoms. The summed E-state index contributed by atoms with van der Waals surface area (Å²) in [5.74, 6) is 0.755. The second-order valence-electron chi connectivity index (χ2n) is 7.84. The lowest BCUT2D eigenvalue weighted by molar-refractivity contribution is 0.0730. The van der Waals surface area contributed by atoms with Crippen LogP contribution in [0.2, 0.25) is 0 Å². The summed E-state index contributed by atoms with van der Waals surface area (Å²) >= 11 is 1.48. The Morgan fingerprint density at radius 2 is 1.84 bits per heavy atom. The summed E-state index contributed by atoms with van der Waals surface area (Å²) in [5, 5.41) is 9.31. The van der Waals surface area contributed by atoms with Crippen molar-refractivity contribution in [2.75, 3.05) is 26.3 Å². The Labute approximate surface area is 190 Å². The number of hydrogen-bond donors (Lipinski definition) is 0. The fourth-order valence-electron chi connectivity index (χ4n) is 3.74. The van der Waals surface area contributed by atoms with Gasteiger partial charge in [0, 0.05) is 24.9 Å². The van der Waals surface area contributed by atoms with Crippen molar-refractivity contribution in [3.05, 3.63) is 59.9 Å². The molecule has 3 aromatic rings. The maximum Gasteiger partial charge on any atom is 0.243 e. The van der Waals surface area contributed by atoms with E-state index in [9.17, 15) is 12.8 Å². The summed E-state index contributed by atoms with van der Waals surface area (Å²) in [6.45, 7) is 1.56. The molecule has 1 saturated carbocycles. The molecule has 1 aliphatic carbocycles. The van der Waals surface area contributed by atoms with E-state index in [-0.39, 0.29) is 16.8 Å². The number of aromatic nitrogens is 3. The van der Waals surface area contributed by atoms with Gasteiger partial charge in [0.25, 0.3) is 0 Å². The molecule has 1 saturated heterocycles. The van der Waals surface area contributed by atoms with Crippen LogP contribution < -0.4 is 0 Å². The van der Waals surface area contributed by atoms with E-state index < -0.39 is 10.0 Å². The fourth-order valence-corrected chi connectivity index (χ4v) is 6.17. The van der Waals surface area contributed by atoms with Gasteiger partial charge in [-0.05, 0) is 42.7 Å². The molecule has 1 aliphatic heterocycles. The van der Waals surface area contributed by atoms with Crippen molar-refractivity contribution >= 4 is 21.8 Å². The Kier molecular flexibility index (Phi) is 6.02. The Hall–Kier alpha value is -2.27. The topological polar surface area (TPSA) is 77.3 Å². The number of benzene rings is 2. The van der Waals surface area contributed by atoms with Gasteiger partial charge in [-0.3, -0.25) is 4.57 Å². The van der Waals surface area contributed by atoms with Gasteiger partial charge in [-0.1, -0.05) is 36.0 Å². The zero-order chi connectivity index (χ0) is 22.1. The Bertz CT molecular complexity index is 1220. The minimum Gasteiger partial charge on any atom is -0.379 e. The number of nitrogens with zero attached hydrogens (tertiary/aromatic N) is 4. The predicted octanol–water partition coefficient (Wildman–Crippen LogP) is 3.73. The van der Waals surface area contributed by atoms with E-state index in [1.54, 1.807) is 36.4 Å². The van der Waals surface area contributed by atoms with Crippen molar-refractivity contribution < 1.29 is 17.5 Å².